The number of anilines is 1. The minimum absolute atomic E-state index is 0.0752. The Kier molecular flexibility index (Phi) is 4.16. The lowest BCUT2D eigenvalue weighted by atomic mass is 9.95. The van der Waals surface area contributed by atoms with Crippen LogP contribution in [0.1, 0.15) is 13.8 Å². The number of nitrogens with one attached hydrogen (secondary N) is 1. The quantitative estimate of drug-likeness (QED) is 0.839. The standard InChI is InChI=1S/C12H19NO3S/c1-12(2,9-14)8-13-10-5-4-6-11(7-10)17(3,15)16/h4-7,13-14H,8-9H2,1-3H3. The molecule has 0 aliphatic heterocycles. The first kappa shape index (κ1) is 14.0. The van der Waals surface area contributed by atoms with Gasteiger partial charge in [0.2, 0.25) is 0 Å². The van der Waals surface area contributed by atoms with Crippen LogP contribution < -0.4 is 5.32 Å². The summed E-state index contributed by atoms with van der Waals surface area (Å²) in [5.41, 5.74) is 0.510. The fourth-order valence-electron chi connectivity index (χ4n) is 1.23. The van der Waals surface area contributed by atoms with Gasteiger partial charge in [0.05, 0.1) is 4.90 Å². The van der Waals surface area contributed by atoms with E-state index in [4.69, 9.17) is 5.11 Å². The zero-order valence-corrected chi connectivity index (χ0v) is 11.2. The number of aliphatic hydroxyl groups is 1. The molecule has 0 fully saturated rings. The van der Waals surface area contributed by atoms with Crippen molar-refractivity contribution in [2.75, 3.05) is 24.7 Å². The molecule has 0 bridgehead atoms. The molecule has 5 heteroatoms. The predicted molar refractivity (Wildman–Crippen MR) is 68.9 cm³/mol. The summed E-state index contributed by atoms with van der Waals surface area (Å²) in [6, 6.07) is 6.67. The van der Waals surface area contributed by atoms with E-state index in [2.05, 4.69) is 5.32 Å². The lowest BCUT2D eigenvalue weighted by Gasteiger charge is -2.22. The molecule has 0 aromatic heterocycles. The highest BCUT2D eigenvalue weighted by molar-refractivity contribution is 7.90. The van der Waals surface area contributed by atoms with Crippen LogP contribution in [0, 0.1) is 5.41 Å². The van der Waals surface area contributed by atoms with Crippen molar-refractivity contribution in [2.45, 2.75) is 18.7 Å². The summed E-state index contributed by atoms with van der Waals surface area (Å²) in [5.74, 6) is 0. The van der Waals surface area contributed by atoms with Crippen LogP contribution in [0.4, 0.5) is 5.69 Å². The Hall–Kier alpha value is -1.07. The molecular formula is C12H19NO3S. The van der Waals surface area contributed by atoms with Gasteiger partial charge in [0.25, 0.3) is 0 Å². The zero-order chi connectivity index (χ0) is 13.1. The molecule has 0 heterocycles. The van der Waals surface area contributed by atoms with E-state index >= 15 is 0 Å². The molecule has 1 aromatic carbocycles. The molecule has 0 radical (unpaired) electrons. The van der Waals surface area contributed by atoms with Crippen LogP contribution in [-0.4, -0.2) is 32.9 Å². The van der Waals surface area contributed by atoms with Crippen molar-refractivity contribution in [1.29, 1.82) is 0 Å². The summed E-state index contributed by atoms with van der Waals surface area (Å²) in [7, 11) is -3.17. The Morgan fingerprint density at radius 3 is 2.53 bits per heavy atom. The third-order valence-electron chi connectivity index (χ3n) is 2.46. The maximum Gasteiger partial charge on any atom is 0.175 e. The van der Waals surface area contributed by atoms with Crippen LogP contribution in [0.3, 0.4) is 0 Å². The second kappa shape index (κ2) is 5.06. The lowest BCUT2D eigenvalue weighted by Crippen LogP contribution is -2.26. The zero-order valence-electron chi connectivity index (χ0n) is 10.4. The molecule has 0 amide bonds. The summed E-state index contributed by atoms with van der Waals surface area (Å²) in [4.78, 5) is 0.296. The molecule has 0 saturated heterocycles. The fourth-order valence-corrected chi connectivity index (χ4v) is 1.90. The van der Waals surface area contributed by atoms with Crippen LogP contribution in [-0.2, 0) is 9.84 Å². The third kappa shape index (κ3) is 4.36. The Bertz CT molecular complexity index is 480. The van der Waals surface area contributed by atoms with E-state index in [1.54, 1.807) is 18.2 Å². The van der Waals surface area contributed by atoms with E-state index in [1.807, 2.05) is 19.9 Å². The minimum atomic E-state index is -3.17. The number of rotatable bonds is 5. The van der Waals surface area contributed by atoms with E-state index in [9.17, 15) is 8.42 Å². The minimum Gasteiger partial charge on any atom is -0.396 e. The predicted octanol–water partition coefficient (Wildman–Crippen LogP) is 1.52. The normalized spacial score (nSPS) is 12.5. The van der Waals surface area contributed by atoms with E-state index in [1.165, 1.54) is 6.26 Å². The van der Waals surface area contributed by atoms with Gasteiger partial charge in [0.1, 0.15) is 0 Å². The summed E-state index contributed by atoms with van der Waals surface area (Å²) < 4.78 is 22.7. The maximum absolute atomic E-state index is 11.4. The molecule has 0 atom stereocenters. The van der Waals surface area contributed by atoms with Crippen molar-refractivity contribution in [3.8, 4) is 0 Å². The number of aliphatic hydroxyl groups excluding tert-OH is 1. The first-order valence-corrected chi connectivity index (χ1v) is 7.29. The number of sulfone groups is 1. The molecule has 0 aliphatic carbocycles. The topological polar surface area (TPSA) is 66.4 Å². The van der Waals surface area contributed by atoms with Crippen molar-refractivity contribution >= 4 is 15.5 Å². The second-order valence-electron chi connectivity index (χ2n) is 4.98. The first-order valence-electron chi connectivity index (χ1n) is 5.39. The number of hydrogen-bond acceptors (Lipinski definition) is 4. The van der Waals surface area contributed by atoms with Gasteiger partial charge in [-0.05, 0) is 18.2 Å². The molecule has 0 aliphatic rings. The van der Waals surface area contributed by atoms with Gasteiger partial charge in [-0.15, -0.1) is 0 Å². The van der Waals surface area contributed by atoms with Crippen molar-refractivity contribution in [3.05, 3.63) is 24.3 Å². The molecule has 2 N–H and O–H groups in total. The molecular weight excluding hydrogens is 238 g/mol. The summed E-state index contributed by atoms with van der Waals surface area (Å²) >= 11 is 0. The summed E-state index contributed by atoms with van der Waals surface area (Å²) in [6.45, 7) is 4.52. The largest absolute Gasteiger partial charge is 0.396 e. The Labute approximate surface area is 103 Å². The van der Waals surface area contributed by atoms with Gasteiger partial charge in [-0.3, -0.25) is 0 Å². The van der Waals surface area contributed by atoms with Crippen LogP contribution in [0.15, 0.2) is 29.2 Å². The van der Waals surface area contributed by atoms with E-state index in [0.29, 0.717) is 11.4 Å². The average molecular weight is 257 g/mol. The summed E-state index contributed by atoms with van der Waals surface area (Å²) in [6.07, 6.45) is 1.18. The van der Waals surface area contributed by atoms with Crippen molar-refractivity contribution in [3.63, 3.8) is 0 Å². The molecule has 0 unspecified atom stereocenters. The van der Waals surface area contributed by atoms with Gasteiger partial charge in [-0.2, -0.15) is 0 Å². The van der Waals surface area contributed by atoms with Crippen LogP contribution in [0.2, 0.25) is 0 Å². The molecule has 1 aromatic rings. The van der Waals surface area contributed by atoms with Crippen LogP contribution >= 0.6 is 0 Å². The smallest absolute Gasteiger partial charge is 0.175 e. The first-order chi connectivity index (χ1) is 7.74. The van der Waals surface area contributed by atoms with E-state index in [0.717, 1.165) is 5.69 Å². The highest BCUT2D eigenvalue weighted by Crippen LogP contribution is 2.18. The SMILES string of the molecule is CC(C)(CO)CNc1cccc(S(C)(=O)=O)c1. The van der Waals surface area contributed by atoms with Gasteiger partial charge in [-0.25, -0.2) is 8.42 Å². The highest BCUT2D eigenvalue weighted by Gasteiger charge is 2.16. The summed E-state index contributed by atoms with van der Waals surface area (Å²) in [5, 5.41) is 12.2. The fraction of sp³-hybridized carbons (Fsp3) is 0.500. The monoisotopic (exact) mass is 257 g/mol. The molecule has 0 spiro atoms. The van der Waals surface area contributed by atoms with Gasteiger partial charge in [-0.1, -0.05) is 19.9 Å². The van der Waals surface area contributed by atoms with Crippen LogP contribution in [0.25, 0.3) is 0 Å². The average Bonchev–Trinajstić information content (AvgIpc) is 2.26. The van der Waals surface area contributed by atoms with Gasteiger partial charge in [0, 0.05) is 30.5 Å². The molecule has 1 rings (SSSR count). The van der Waals surface area contributed by atoms with E-state index < -0.39 is 9.84 Å². The molecule has 17 heavy (non-hydrogen) atoms. The third-order valence-corrected chi connectivity index (χ3v) is 3.57. The Morgan fingerprint density at radius 2 is 2.00 bits per heavy atom. The van der Waals surface area contributed by atoms with Crippen molar-refractivity contribution in [1.82, 2.24) is 0 Å². The maximum atomic E-state index is 11.4. The van der Waals surface area contributed by atoms with Gasteiger partial charge < -0.3 is 10.4 Å². The second-order valence-corrected chi connectivity index (χ2v) is 6.99. The van der Waals surface area contributed by atoms with Gasteiger partial charge >= 0.3 is 0 Å². The Balaban J connectivity index is 2.81. The van der Waals surface area contributed by atoms with E-state index in [-0.39, 0.29) is 12.0 Å². The van der Waals surface area contributed by atoms with Crippen LogP contribution in [0.5, 0.6) is 0 Å². The van der Waals surface area contributed by atoms with Crippen molar-refractivity contribution < 1.29 is 13.5 Å². The number of benzene rings is 1. The lowest BCUT2D eigenvalue weighted by molar-refractivity contribution is 0.171. The highest BCUT2D eigenvalue weighted by atomic mass is 32.2. The van der Waals surface area contributed by atoms with Gasteiger partial charge in [0.15, 0.2) is 9.84 Å². The molecule has 4 nitrogen and oxygen atoms in total. The Morgan fingerprint density at radius 1 is 1.35 bits per heavy atom. The molecule has 96 valence electrons. The molecule has 0 saturated carbocycles. The number of hydrogen-bond donors (Lipinski definition) is 2. The van der Waals surface area contributed by atoms with Crippen molar-refractivity contribution in [2.24, 2.45) is 5.41 Å².